The number of fused-ring (bicyclic) bond motifs is 3. The van der Waals surface area contributed by atoms with Gasteiger partial charge < -0.3 is 9.47 Å². The molecule has 1 heterocycles. The molecular formula is C14H16O3. The van der Waals surface area contributed by atoms with Crippen molar-refractivity contribution in [3.8, 4) is 5.75 Å². The van der Waals surface area contributed by atoms with E-state index < -0.39 is 0 Å². The fourth-order valence-corrected chi connectivity index (χ4v) is 3.04. The van der Waals surface area contributed by atoms with E-state index in [2.05, 4.69) is 12.1 Å². The molecule has 0 saturated carbocycles. The Labute approximate surface area is 101 Å². The van der Waals surface area contributed by atoms with Crippen LogP contribution in [0.3, 0.4) is 0 Å². The van der Waals surface area contributed by atoms with Crippen molar-refractivity contribution in [2.45, 2.75) is 31.6 Å². The third-order valence-corrected chi connectivity index (χ3v) is 3.83. The molecule has 2 aliphatic rings. The van der Waals surface area contributed by atoms with Crippen LogP contribution in [0.2, 0.25) is 0 Å². The second-order valence-corrected chi connectivity index (χ2v) is 4.73. The molecule has 0 saturated heterocycles. The highest BCUT2D eigenvalue weighted by atomic mass is 16.5. The molecule has 1 unspecified atom stereocenters. The maximum atomic E-state index is 11.4. The lowest BCUT2D eigenvalue weighted by atomic mass is 9.92. The number of carbonyl (C=O) groups is 1. The largest absolute Gasteiger partial charge is 0.493 e. The van der Waals surface area contributed by atoms with Gasteiger partial charge in [0, 0.05) is 12.0 Å². The zero-order valence-corrected chi connectivity index (χ0v) is 9.99. The van der Waals surface area contributed by atoms with E-state index in [1.807, 2.05) is 0 Å². The molecule has 0 radical (unpaired) electrons. The van der Waals surface area contributed by atoms with Gasteiger partial charge in [0.25, 0.3) is 0 Å². The molecule has 1 aliphatic heterocycles. The maximum absolute atomic E-state index is 11.4. The summed E-state index contributed by atoms with van der Waals surface area (Å²) in [6.45, 7) is 0.775. The van der Waals surface area contributed by atoms with E-state index >= 15 is 0 Å². The number of hydrogen-bond acceptors (Lipinski definition) is 3. The first-order valence-electron chi connectivity index (χ1n) is 6.14. The summed E-state index contributed by atoms with van der Waals surface area (Å²) in [5, 5.41) is 0. The van der Waals surface area contributed by atoms with Gasteiger partial charge in [0.05, 0.1) is 20.1 Å². The smallest absolute Gasteiger partial charge is 0.306 e. The minimum absolute atomic E-state index is 0.112. The van der Waals surface area contributed by atoms with Crippen molar-refractivity contribution in [2.24, 2.45) is 0 Å². The highest BCUT2D eigenvalue weighted by Crippen LogP contribution is 2.43. The number of benzene rings is 1. The van der Waals surface area contributed by atoms with Crippen LogP contribution in [0.15, 0.2) is 12.1 Å². The number of aryl methyl sites for hydroxylation is 1. The normalized spacial score (nSPS) is 20.6. The van der Waals surface area contributed by atoms with Crippen LogP contribution in [-0.4, -0.2) is 19.7 Å². The third kappa shape index (κ3) is 1.70. The SMILES string of the molecule is COC(=O)CC1CCc2ccc3c(c21)CCO3. The summed E-state index contributed by atoms with van der Waals surface area (Å²) < 4.78 is 10.4. The van der Waals surface area contributed by atoms with Gasteiger partial charge in [-0.2, -0.15) is 0 Å². The number of methoxy groups -OCH3 is 1. The summed E-state index contributed by atoms with van der Waals surface area (Å²) in [7, 11) is 1.46. The summed E-state index contributed by atoms with van der Waals surface area (Å²) in [6, 6.07) is 4.22. The van der Waals surface area contributed by atoms with Gasteiger partial charge in [-0.1, -0.05) is 6.07 Å². The fraction of sp³-hybridized carbons (Fsp3) is 0.500. The number of ether oxygens (including phenoxy) is 2. The van der Waals surface area contributed by atoms with E-state index in [4.69, 9.17) is 9.47 Å². The lowest BCUT2D eigenvalue weighted by molar-refractivity contribution is -0.141. The van der Waals surface area contributed by atoms with Gasteiger partial charge in [0.2, 0.25) is 0 Å². The van der Waals surface area contributed by atoms with Crippen LogP contribution < -0.4 is 4.74 Å². The van der Waals surface area contributed by atoms with Crippen LogP contribution in [0.1, 0.15) is 35.4 Å². The van der Waals surface area contributed by atoms with E-state index in [1.54, 1.807) is 0 Å². The summed E-state index contributed by atoms with van der Waals surface area (Å²) in [4.78, 5) is 11.4. The molecule has 3 rings (SSSR count). The van der Waals surface area contributed by atoms with Crippen molar-refractivity contribution in [1.29, 1.82) is 0 Å². The van der Waals surface area contributed by atoms with Gasteiger partial charge >= 0.3 is 5.97 Å². The average Bonchev–Trinajstić information content (AvgIpc) is 2.94. The van der Waals surface area contributed by atoms with Crippen LogP contribution in [0, 0.1) is 0 Å². The molecular weight excluding hydrogens is 216 g/mol. The van der Waals surface area contributed by atoms with Crippen LogP contribution in [0.5, 0.6) is 5.75 Å². The highest BCUT2D eigenvalue weighted by Gasteiger charge is 2.30. The summed E-state index contributed by atoms with van der Waals surface area (Å²) in [6.07, 6.45) is 3.61. The Balaban J connectivity index is 1.95. The molecule has 0 aromatic heterocycles. The van der Waals surface area contributed by atoms with Crippen LogP contribution >= 0.6 is 0 Å². The van der Waals surface area contributed by atoms with E-state index in [9.17, 15) is 4.79 Å². The van der Waals surface area contributed by atoms with Crippen molar-refractivity contribution in [3.63, 3.8) is 0 Å². The van der Waals surface area contributed by atoms with Crippen LogP contribution in [-0.2, 0) is 22.4 Å². The zero-order chi connectivity index (χ0) is 11.8. The summed E-state index contributed by atoms with van der Waals surface area (Å²) >= 11 is 0. The van der Waals surface area contributed by atoms with Crippen molar-refractivity contribution in [2.75, 3.05) is 13.7 Å². The second-order valence-electron chi connectivity index (χ2n) is 4.73. The minimum atomic E-state index is -0.112. The molecule has 0 N–H and O–H groups in total. The van der Waals surface area contributed by atoms with Crippen molar-refractivity contribution >= 4 is 5.97 Å². The number of carbonyl (C=O) groups excluding carboxylic acids is 1. The molecule has 0 spiro atoms. The first-order chi connectivity index (χ1) is 8.29. The molecule has 17 heavy (non-hydrogen) atoms. The molecule has 1 atom stereocenters. The maximum Gasteiger partial charge on any atom is 0.306 e. The minimum Gasteiger partial charge on any atom is -0.493 e. The number of esters is 1. The predicted octanol–water partition coefficient (Wildman–Crippen LogP) is 2.21. The fourth-order valence-electron chi connectivity index (χ4n) is 3.04. The Morgan fingerprint density at radius 3 is 3.18 bits per heavy atom. The number of hydrogen-bond donors (Lipinski definition) is 0. The first-order valence-corrected chi connectivity index (χ1v) is 6.14. The van der Waals surface area contributed by atoms with Gasteiger partial charge in [-0.05, 0) is 36.0 Å². The van der Waals surface area contributed by atoms with Crippen molar-refractivity contribution < 1.29 is 14.3 Å². The second kappa shape index (κ2) is 4.06. The van der Waals surface area contributed by atoms with Gasteiger partial charge in [0.15, 0.2) is 0 Å². The Morgan fingerprint density at radius 1 is 1.47 bits per heavy atom. The van der Waals surface area contributed by atoms with E-state index in [-0.39, 0.29) is 5.97 Å². The quantitative estimate of drug-likeness (QED) is 0.733. The number of rotatable bonds is 2. The molecule has 1 aliphatic carbocycles. The lowest BCUT2D eigenvalue weighted by Crippen LogP contribution is -2.07. The molecule has 0 amide bonds. The molecule has 0 fully saturated rings. The summed E-state index contributed by atoms with van der Waals surface area (Å²) in [5.41, 5.74) is 4.09. The molecule has 0 bridgehead atoms. The lowest BCUT2D eigenvalue weighted by Gasteiger charge is -2.13. The molecule has 90 valence electrons. The Hall–Kier alpha value is -1.51. The van der Waals surface area contributed by atoms with Crippen molar-refractivity contribution in [1.82, 2.24) is 0 Å². The van der Waals surface area contributed by atoms with E-state index in [0.717, 1.165) is 31.6 Å². The van der Waals surface area contributed by atoms with Gasteiger partial charge in [-0.15, -0.1) is 0 Å². The standard InChI is InChI=1S/C14H16O3/c1-16-13(15)8-10-3-2-9-4-5-12-11(14(9)10)6-7-17-12/h4-5,10H,2-3,6-8H2,1H3. The van der Waals surface area contributed by atoms with Crippen molar-refractivity contribution in [3.05, 3.63) is 28.8 Å². The molecule has 3 heteroatoms. The van der Waals surface area contributed by atoms with Gasteiger partial charge in [-0.25, -0.2) is 0 Å². The topological polar surface area (TPSA) is 35.5 Å². The van der Waals surface area contributed by atoms with Gasteiger partial charge in [0.1, 0.15) is 5.75 Å². The molecule has 3 nitrogen and oxygen atoms in total. The molecule has 1 aromatic rings. The Bertz CT molecular complexity index is 465. The monoisotopic (exact) mass is 232 g/mol. The Kier molecular flexibility index (Phi) is 2.54. The first kappa shape index (κ1) is 10.6. The third-order valence-electron chi connectivity index (χ3n) is 3.83. The molecule has 1 aromatic carbocycles. The average molecular weight is 232 g/mol. The van der Waals surface area contributed by atoms with Crippen LogP contribution in [0.25, 0.3) is 0 Å². The highest BCUT2D eigenvalue weighted by molar-refractivity contribution is 5.71. The van der Waals surface area contributed by atoms with E-state index in [1.165, 1.54) is 23.8 Å². The van der Waals surface area contributed by atoms with Gasteiger partial charge in [-0.3, -0.25) is 4.79 Å². The summed E-state index contributed by atoms with van der Waals surface area (Å²) in [5.74, 6) is 1.23. The zero-order valence-electron chi connectivity index (χ0n) is 9.99. The predicted molar refractivity (Wildman–Crippen MR) is 63.3 cm³/mol. The Morgan fingerprint density at radius 2 is 2.35 bits per heavy atom. The van der Waals surface area contributed by atoms with E-state index in [0.29, 0.717) is 12.3 Å². The van der Waals surface area contributed by atoms with Crippen LogP contribution in [0.4, 0.5) is 0 Å².